The molecule has 3 rings (SSSR count). The van der Waals surface area contributed by atoms with Crippen molar-refractivity contribution in [3.63, 3.8) is 0 Å². The number of anilines is 1. The van der Waals surface area contributed by atoms with Gasteiger partial charge in [-0.2, -0.15) is 0 Å². The molecule has 0 bridgehead atoms. The van der Waals surface area contributed by atoms with E-state index < -0.39 is 17.8 Å². The Morgan fingerprint density at radius 3 is 2.52 bits per heavy atom. The quantitative estimate of drug-likeness (QED) is 0.913. The summed E-state index contributed by atoms with van der Waals surface area (Å²) in [6.07, 6.45) is 1.24. The third-order valence-electron chi connectivity index (χ3n) is 4.69. The molecule has 1 N–H and O–H groups in total. The van der Waals surface area contributed by atoms with E-state index in [0.29, 0.717) is 24.4 Å². The van der Waals surface area contributed by atoms with Gasteiger partial charge in [-0.1, -0.05) is 31.5 Å². The summed E-state index contributed by atoms with van der Waals surface area (Å²) in [6.45, 7) is 4.66. The molecule has 1 heterocycles. The second-order valence-corrected chi connectivity index (χ2v) is 6.98. The Labute approximate surface area is 128 Å². The summed E-state index contributed by atoms with van der Waals surface area (Å²) >= 11 is 6.30. The molecule has 2 atom stereocenters. The number of halogens is 1. The van der Waals surface area contributed by atoms with Gasteiger partial charge in [0.05, 0.1) is 11.8 Å². The Hall–Kier alpha value is -1.55. The highest BCUT2D eigenvalue weighted by Crippen LogP contribution is 2.46. The molecule has 0 saturated heterocycles. The van der Waals surface area contributed by atoms with Crippen molar-refractivity contribution in [2.24, 2.45) is 11.8 Å². The third-order valence-corrected chi connectivity index (χ3v) is 5.00. The van der Waals surface area contributed by atoms with Gasteiger partial charge in [-0.3, -0.25) is 9.59 Å². The van der Waals surface area contributed by atoms with Crippen LogP contribution in [0.1, 0.15) is 32.3 Å². The maximum Gasteiger partial charge on any atom is 0.307 e. The van der Waals surface area contributed by atoms with Gasteiger partial charge < -0.3 is 10.0 Å². The SMILES string of the molecule is CC1(C)CN(C(=O)C2CCC2C(=O)O)c2cccc(Cl)c21. The number of aliphatic carboxylic acids is 1. The minimum atomic E-state index is -0.871. The maximum atomic E-state index is 12.7. The van der Waals surface area contributed by atoms with Crippen LogP contribution in [0.4, 0.5) is 5.69 Å². The maximum absolute atomic E-state index is 12.7. The molecule has 1 aromatic carbocycles. The summed E-state index contributed by atoms with van der Waals surface area (Å²) in [6, 6.07) is 5.56. The molecule has 1 aliphatic carbocycles. The van der Waals surface area contributed by atoms with Crippen molar-refractivity contribution in [2.75, 3.05) is 11.4 Å². The van der Waals surface area contributed by atoms with Gasteiger partial charge in [0.15, 0.2) is 0 Å². The predicted octanol–water partition coefficient (Wildman–Crippen LogP) is 3.08. The minimum Gasteiger partial charge on any atom is -0.481 e. The molecule has 2 unspecified atom stereocenters. The number of nitrogens with zero attached hydrogens (tertiary/aromatic N) is 1. The zero-order valence-electron chi connectivity index (χ0n) is 12.1. The molecule has 5 heteroatoms. The highest BCUT2D eigenvalue weighted by molar-refractivity contribution is 6.32. The van der Waals surface area contributed by atoms with Gasteiger partial charge >= 0.3 is 5.97 Å². The van der Waals surface area contributed by atoms with Crippen molar-refractivity contribution >= 4 is 29.2 Å². The van der Waals surface area contributed by atoms with Crippen molar-refractivity contribution in [2.45, 2.75) is 32.1 Å². The highest BCUT2D eigenvalue weighted by atomic mass is 35.5. The summed E-state index contributed by atoms with van der Waals surface area (Å²) in [5.41, 5.74) is 1.59. The van der Waals surface area contributed by atoms with Gasteiger partial charge in [0.2, 0.25) is 5.91 Å². The second kappa shape index (κ2) is 4.73. The number of benzene rings is 1. The number of rotatable bonds is 2. The van der Waals surface area contributed by atoms with Gasteiger partial charge in [0.25, 0.3) is 0 Å². The van der Waals surface area contributed by atoms with Gasteiger partial charge in [-0.05, 0) is 25.0 Å². The van der Waals surface area contributed by atoms with E-state index in [1.807, 2.05) is 18.2 Å². The molecule has 0 aromatic heterocycles. The largest absolute Gasteiger partial charge is 0.481 e. The van der Waals surface area contributed by atoms with E-state index in [0.717, 1.165) is 11.3 Å². The Bertz CT molecular complexity index is 626. The van der Waals surface area contributed by atoms with Crippen LogP contribution in [-0.4, -0.2) is 23.5 Å². The van der Waals surface area contributed by atoms with Crippen molar-refractivity contribution in [3.8, 4) is 0 Å². The molecule has 0 radical (unpaired) electrons. The lowest BCUT2D eigenvalue weighted by atomic mass is 9.73. The van der Waals surface area contributed by atoms with Crippen LogP contribution < -0.4 is 4.90 Å². The summed E-state index contributed by atoms with van der Waals surface area (Å²) in [4.78, 5) is 25.6. The van der Waals surface area contributed by atoms with E-state index in [1.165, 1.54) is 0 Å². The fourth-order valence-electron chi connectivity index (χ4n) is 3.46. The number of amides is 1. The first-order valence-electron chi connectivity index (χ1n) is 7.16. The van der Waals surface area contributed by atoms with Crippen LogP contribution in [0.25, 0.3) is 0 Å². The number of hydrogen-bond donors (Lipinski definition) is 1. The van der Waals surface area contributed by atoms with Crippen molar-refractivity contribution < 1.29 is 14.7 Å². The molecule has 1 amide bonds. The van der Waals surface area contributed by atoms with E-state index in [4.69, 9.17) is 16.7 Å². The Morgan fingerprint density at radius 2 is 1.95 bits per heavy atom. The van der Waals surface area contributed by atoms with E-state index in [-0.39, 0.29) is 11.3 Å². The third kappa shape index (κ3) is 2.13. The minimum absolute atomic E-state index is 0.0808. The topological polar surface area (TPSA) is 57.6 Å². The molecule has 0 spiro atoms. The molecule has 4 nitrogen and oxygen atoms in total. The number of fused-ring (bicyclic) bond motifs is 1. The van der Waals surface area contributed by atoms with E-state index in [1.54, 1.807) is 4.90 Å². The lowest BCUT2D eigenvalue weighted by Crippen LogP contribution is -2.46. The van der Waals surface area contributed by atoms with Gasteiger partial charge in [-0.25, -0.2) is 0 Å². The zero-order valence-corrected chi connectivity index (χ0v) is 12.9. The van der Waals surface area contributed by atoms with Crippen LogP contribution in [0.3, 0.4) is 0 Å². The average molecular weight is 308 g/mol. The first-order chi connectivity index (χ1) is 9.83. The number of carboxylic acid groups (broad SMARTS) is 1. The smallest absolute Gasteiger partial charge is 0.307 e. The van der Waals surface area contributed by atoms with E-state index >= 15 is 0 Å². The molecule has 21 heavy (non-hydrogen) atoms. The fraction of sp³-hybridized carbons (Fsp3) is 0.500. The molecule has 112 valence electrons. The first kappa shape index (κ1) is 14.4. The Balaban J connectivity index is 1.94. The lowest BCUT2D eigenvalue weighted by molar-refractivity contribution is -0.152. The molecule has 2 aliphatic rings. The number of carbonyl (C=O) groups excluding carboxylic acids is 1. The number of carbonyl (C=O) groups is 2. The van der Waals surface area contributed by atoms with Crippen molar-refractivity contribution in [3.05, 3.63) is 28.8 Å². The zero-order chi connectivity index (χ0) is 15.4. The summed E-state index contributed by atoms with van der Waals surface area (Å²) in [5, 5.41) is 9.81. The molecular weight excluding hydrogens is 290 g/mol. The molecular formula is C16H18ClNO3. The monoisotopic (exact) mass is 307 g/mol. The summed E-state index contributed by atoms with van der Waals surface area (Å²) in [7, 11) is 0. The summed E-state index contributed by atoms with van der Waals surface area (Å²) in [5.74, 6) is -1.89. The standard InChI is InChI=1S/C16H18ClNO3/c1-16(2)8-18(12-5-3-4-11(17)13(12)16)14(19)9-6-7-10(9)15(20)21/h3-5,9-10H,6-8H2,1-2H3,(H,20,21). The normalized spacial score (nSPS) is 26.1. The molecule has 1 aliphatic heterocycles. The van der Waals surface area contributed by atoms with Crippen molar-refractivity contribution in [1.29, 1.82) is 0 Å². The lowest BCUT2D eigenvalue weighted by Gasteiger charge is -2.35. The predicted molar refractivity (Wildman–Crippen MR) is 80.7 cm³/mol. The Morgan fingerprint density at radius 1 is 1.29 bits per heavy atom. The van der Waals surface area contributed by atoms with Crippen LogP contribution in [0, 0.1) is 11.8 Å². The van der Waals surface area contributed by atoms with Crippen LogP contribution in [0.15, 0.2) is 18.2 Å². The molecule has 1 fully saturated rings. The molecule has 1 aromatic rings. The van der Waals surface area contributed by atoms with E-state index in [9.17, 15) is 9.59 Å². The second-order valence-electron chi connectivity index (χ2n) is 6.57. The molecule has 1 saturated carbocycles. The highest BCUT2D eigenvalue weighted by Gasteiger charge is 2.47. The van der Waals surface area contributed by atoms with Gasteiger partial charge in [-0.15, -0.1) is 0 Å². The fourth-order valence-corrected chi connectivity index (χ4v) is 3.88. The van der Waals surface area contributed by atoms with Crippen molar-refractivity contribution in [1.82, 2.24) is 0 Å². The van der Waals surface area contributed by atoms with Crippen LogP contribution in [-0.2, 0) is 15.0 Å². The Kier molecular flexibility index (Phi) is 3.24. The first-order valence-corrected chi connectivity index (χ1v) is 7.54. The number of carboxylic acids is 1. The van der Waals surface area contributed by atoms with Gasteiger partial charge in [0.1, 0.15) is 0 Å². The average Bonchev–Trinajstić information content (AvgIpc) is 2.60. The van der Waals surface area contributed by atoms with Crippen LogP contribution >= 0.6 is 11.6 Å². The van der Waals surface area contributed by atoms with Gasteiger partial charge in [0, 0.05) is 28.2 Å². The van der Waals surface area contributed by atoms with Crippen LogP contribution in [0.2, 0.25) is 5.02 Å². The van der Waals surface area contributed by atoms with E-state index in [2.05, 4.69) is 13.8 Å². The number of hydrogen-bond acceptors (Lipinski definition) is 2. The van der Waals surface area contributed by atoms with Crippen LogP contribution in [0.5, 0.6) is 0 Å². The summed E-state index contributed by atoms with van der Waals surface area (Å²) < 4.78 is 0.